The molecule has 0 spiro atoms. The summed E-state index contributed by atoms with van der Waals surface area (Å²) in [5.74, 6) is 1.85. The van der Waals surface area contributed by atoms with Gasteiger partial charge in [0.1, 0.15) is 22.8 Å². The van der Waals surface area contributed by atoms with Gasteiger partial charge in [0.2, 0.25) is 5.91 Å². The van der Waals surface area contributed by atoms with Crippen LogP contribution in [0.1, 0.15) is 48.9 Å². The summed E-state index contributed by atoms with van der Waals surface area (Å²) in [6.45, 7) is 3.74. The van der Waals surface area contributed by atoms with E-state index in [1.54, 1.807) is 62.2 Å². The first-order valence-corrected chi connectivity index (χ1v) is 22.9. The van der Waals surface area contributed by atoms with Crippen LogP contribution in [0.3, 0.4) is 0 Å². The Kier molecular flexibility index (Phi) is 13.6. The topological polar surface area (TPSA) is 192 Å². The molecule has 8 heterocycles. The van der Waals surface area contributed by atoms with E-state index in [0.29, 0.717) is 93.9 Å². The number of aromatic amines is 2. The molecule has 3 aliphatic rings. The molecule has 0 bridgehead atoms. The van der Waals surface area contributed by atoms with Gasteiger partial charge in [-0.25, -0.2) is 38.7 Å². The van der Waals surface area contributed by atoms with E-state index >= 15 is 0 Å². The first-order valence-electron chi connectivity index (χ1n) is 22.1. The number of carbonyl (C=O) groups is 2. The molecule has 348 valence electrons. The number of ether oxygens (including phenoxy) is 2. The monoisotopic (exact) mass is 952 g/mol. The summed E-state index contributed by atoms with van der Waals surface area (Å²) < 4.78 is 39.6. The van der Waals surface area contributed by atoms with Gasteiger partial charge in [-0.1, -0.05) is 23.2 Å². The van der Waals surface area contributed by atoms with E-state index in [4.69, 9.17) is 32.7 Å². The molecular weight excluding hydrogens is 905 g/mol. The van der Waals surface area contributed by atoms with Gasteiger partial charge in [0.25, 0.3) is 5.91 Å². The number of anilines is 2. The maximum atomic E-state index is 14.6. The highest BCUT2D eigenvalue weighted by atomic mass is 35.5. The average molecular weight is 954 g/mol. The number of piperidine rings is 2. The fourth-order valence-electron chi connectivity index (χ4n) is 8.63. The molecule has 7 aromatic rings. The first kappa shape index (κ1) is 45.5. The number of likely N-dealkylation sites (tertiary alicyclic amines) is 2. The van der Waals surface area contributed by atoms with Crippen molar-refractivity contribution in [3.8, 4) is 34.3 Å². The van der Waals surface area contributed by atoms with Crippen molar-refractivity contribution in [3.63, 3.8) is 0 Å². The first-order chi connectivity index (χ1) is 32.5. The predicted molar refractivity (Wildman–Crippen MR) is 251 cm³/mol. The lowest BCUT2D eigenvalue weighted by atomic mass is 9.97. The zero-order valence-electron chi connectivity index (χ0n) is 36.8. The van der Waals surface area contributed by atoms with Crippen LogP contribution in [0, 0.1) is 29.4 Å². The zero-order chi connectivity index (χ0) is 46.6. The van der Waals surface area contributed by atoms with Crippen molar-refractivity contribution < 1.29 is 27.8 Å². The lowest BCUT2D eigenvalue weighted by Crippen LogP contribution is -2.42. The SMILES string of the molecule is COc1ccc(C(=O)N2CCCC(CNc3nc(-c4c[nH]c5ncc(Cl)cc45)ncc3F)C2)c(OC)c1.O=C(C1CC1)N1CCCC(CNc2nc(-c3c[nH]c4ncc(Cl)cc34)ncc2F)C1. The van der Waals surface area contributed by atoms with Crippen molar-refractivity contribution in [3.05, 3.63) is 94.8 Å². The predicted octanol–water partition coefficient (Wildman–Crippen LogP) is 8.67. The molecule has 1 saturated carbocycles. The molecule has 4 N–H and O–H groups in total. The second kappa shape index (κ2) is 20.1. The second-order valence-corrected chi connectivity index (χ2v) is 17.8. The normalized spacial score (nSPS) is 17.2. The fraction of sp³-hybridized carbons (Fsp3) is 0.362. The van der Waals surface area contributed by atoms with Gasteiger partial charge in [-0.3, -0.25) is 9.59 Å². The molecule has 2 unspecified atom stereocenters. The Morgan fingerprint density at radius 2 is 1.25 bits per heavy atom. The van der Waals surface area contributed by atoms with Gasteiger partial charge in [0.05, 0.1) is 42.2 Å². The molecule has 2 atom stereocenters. The molecule has 20 heteroatoms. The Hall–Kier alpha value is -6.66. The van der Waals surface area contributed by atoms with Crippen molar-refractivity contribution in [2.75, 3.05) is 64.1 Å². The van der Waals surface area contributed by atoms with Crippen molar-refractivity contribution in [1.29, 1.82) is 0 Å². The number of hydrogen-bond acceptors (Lipinski definition) is 12. The molecule has 3 fully saturated rings. The molecule has 2 saturated heterocycles. The summed E-state index contributed by atoms with van der Waals surface area (Å²) in [7, 11) is 3.09. The van der Waals surface area contributed by atoms with Gasteiger partial charge in [-0.05, 0) is 74.6 Å². The number of pyridine rings is 2. The van der Waals surface area contributed by atoms with Crippen LogP contribution in [0.2, 0.25) is 10.0 Å². The van der Waals surface area contributed by atoms with Crippen molar-refractivity contribution in [2.45, 2.75) is 38.5 Å². The molecular formula is C47H48Cl2F2N12O4. The van der Waals surface area contributed by atoms with Gasteiger partial charge < -0.3 is 39.9 Å². The van der Waals surface area contributed by atoms with E-state index in [1.165, 1.54) is 13.3 Å². The largest absolute Gasteiger partial charge is 0.497 e. The number of rotatable bonds is 12. The molecule has 1 aliphatic carbocycles. The Morgan fingerprint density at radius 3 is 1.78 bits per heavy atom. The van der Waals surface area contributed by atoms with Crippen LogP contribution in [0.25, 0.3) is 44.8 Å². The standard InChI is InChI=1S/C26H26ClFN6O3.C21H22ClFN6O/c1-36-17-5-6-18(22(9-17)37-2)26(35)34-7-3-4-15(14-34)10-29-25-21(28)13-32-24(33-25)20-12-31-23-19(20)8-16(27)11-30-23;22-14-6-15-16(9-26-18(15)25-8-14)19-27-10-17(23)20(28-19)24-7-12-2-1-5-29(11-12)21(30)13-3-4-13/h5-6,8-9,11-13,15H,3-4,7,10,14H2,1-2H3,(H,30,31)(H,29,32,33);6,8-10,12-13H,1-5,7,11H2,(H,25,26)(H,24,27,28). The molecule has 2 amide bonds. The summed E-state index contributed by atoms with van der Waals surface area (Å²) in [4.78, 5) is 61.1. The quantitative estimate of drug-likeness (QED) is 0.0913. The van der Waals surface area contributed by atoms with Crippen molar-refractivity contribution in [1.82, 2.24) is 49.7 Å². The van der Waals surface area contributed by atoms with Gasteiger partial charge in [-0.2, -0.15) is 0 Å². The number of carbonyl (C=O) groups excluding carboxylic acids is 2. The summed E-state index contributed by atoms with van der Waals surface area (Å²) in [5.41, 5.74) is 3.18. The number of hydrogen-bond donors (Lipinski definition) is 4. The number of aromatic nitrogens is 8. The van der Waals surface area contributed by atoms with Crippen LogP contribution >= 0.6 is 23.2 Å². The Labute approximate surface area is 394 Å². The average Bonchev–Trinajstić information content (AvgIpc) is 4.00. The van der Waals surface area contributed by atoms with E-state index in [1.807, 2.05) is 9.80 Å². The van der Waals surface area contributed by atoms with Crippen LogP contribution in [0.5, 0.6) is 11.5 Å². The summed E-state index contributed by atoms with van der Waals surface area (Å²) >= 11 is 12.2. The molecule has 0 radical (unpaired) electrons. The minimum atomic E-state index is -0.550. The summed E-state index contributed by atoms with van der Waals surface area (Å²) in [5, 5.41) is 8.78. The fourth-order valence-corrected chi connectivity index (χ4v) is 8.95. The van der Waals surface area contributed by atoms with Crippen molar-refractivity contribution >= 4 is 68.7 Å². The number of amides is 2. The minimum Gasteiger partial charge on any atom is -0.497 e. The van der Waals surface area contributed by atoms with E-state index < -0.39 is 11.6 Å². The van der Waals surface area contributed by atoms with Gasteiger partial charge >= 0.3 is 0 Å². The molecule has 67 heavy (non-hydrogen) atoms. The second-order valence-electron chi connectivity index (χ2n) is 16.9. The smallest absolute Gasteiger partial charge is 0.257 e. The van der Waals surface area contributed by atoms with E-state index in [-0.39, 0.29) is 41.2 Å². The van der Waals surface area contributed by atoms with Crippen LogP contribution in [0.4, 0.5) is 20.4 Å². The lowest BCUT2D eigenvalue weighted by molar-refractivity contribution is -0.134. The van der Waals surface area contributed by atoms with Crippen LogP contribution < -0.4 is 20.1 Å². The molecule has 2 aliphatic heterocycles. The molecule has 16 nitrogen and oxygen atoms in total. The highest BCUT2D eigenvalue weighted by Crippen LogP contribution is 2.34. The lowest BCUT2D eigenvalue weighted by Gasteiger charge is -2.33. The number of H-pyrrole nitrogens is 2. The highest BCUT2D eigenvalue weighted by molar-refractivity contribution is 6.31. The van der Waals surface area contributed by atoms with Crippen LogP contribution in [-0.2, 0) is 4.79 Å². The third kappa shape index (κ3) is 10.3. The third-order valence-electron chi connectivity index (χ3n) is 12.3. The van der Waals surface area contributed by atoms with Gasteiger partial charge in [0, 0.05) is 97.9 Å². The maximum absolute atomic E-state index is 14.6. The Balaban J connectivity index is 0.000000171. The van der Waals surface area contributed by atoms with E-state index in [9.17, 15) is 18.4 Å². The number of halogens is 4. The molecule has 10 rings (SSSR count). The zero-order valence-corrected chi connectivity index (χ0v) is 38.3. The van der Waals surface area contributed by atoms with E-state index in [2.05, 4.69) is 50.5 Å². The number of fused-ring (bicyclic) bond motifs is 2. The van der Waals surface area contributed by atoms with Crippen molar-refractivity contribution in [2.24, 2.45) is 17.8 Å². The van der Waals surface area contributed by atoms with Gasteiger partial charge in [0.15, 0.2) is 34.9 Å². The van der Waals surface area contributed by atoms with Crippen LogP contribution in [0.15, 0.2) is 67.5 Å². The highest BCUT2D eigenvalue weighted by Gasteiger charge is 2.35. The van der Waals surface area contributed by atoms with E-state index in [0.717, 1.165) is 62.0 Å². The Bertz CT molecular complexity index is 2930. The number of nitrogens with one attached hydrogen (secondary N) is 4. The van der Waals surface area contributed by atoms with Gasteiger partial charge in [-0.15, -0.1) is 0 Å². The summed E-state index contributed by atoms with van der Waals surface area (Å²) in [6.07, 6.45) is 14.7. The summed E-state index contributed by atoms with van der Waals surface area (Å²) in [6, 6.07) is 8.70. The number of methoxy groups -OCH3 is 2. The number of benzene rings is 1. The van der Waals surface area contributed by atoms with Crippen LogP contribution in [-0.4, -0.2) is 115 Å². The number of nitrogens with zero attached hydrogens (tertiary/aromatic N) is 8. The third-order valence-corrected chi connectivity index (χ3v) is 12.7. The Morgan fingerprint density at radius 1 is 0.716 bits per heavy atom. The minimum absolute atomic E-state index is 0.105. The molecule has 1 aromatic carbocycles. The molecule has 6 aromatic heterocycles. The maximum Gasteiger partial charge on any atom is 0.257 e.